The number of aryl methyl sites for hydroxylation is 1. The van der Waals surface area contributed by atoms with Gasteiger partial charge in [0.1, 0.15) is 23.9 Å². The van der Waals surface area contributed by atoms with Crippen molar-refractivity contribution in [3.63, 3.8) is 0 Å². The number of fused-ring (bicyclic) bond motifs is 1. The standard InChI is InChI=1S/C31H35N5O4/c1-22-8-3-4-9-23(22)17-18-35(29(37)21-36-28-12-6-5-11-27(28)33-34-36)30(24-13-15-25(39-2)16-14-24)31(38)32-20-26-10-7-19-40-26/h3-6,8-9,11-16,26,30H,7,10,17-21H2,1-2H3,(H,32,38)/t26-,30-/m0/s1. The quantitative estimate of drug-likeness (QED) is 0.310. The average Bonchev–Trinajstić information content (AvgIpc) is 3.65. The molecule has 4 aromatic rings. The van der Waals surface area contributed by atoms with E-state index in [0.29, 0.717) is 42.9 Å². The second-order valence-corrected chi connectivity index (χ2v) is 10.1. The lowest BCUT2D eigenvalue weighted by atomic mass is 10.0. The number of rotatable bonds is 11. The lowest BCUT2D eigenvalue weighted by molar-refractivity contribution is -0.141. The Morgan fingerprint density at radius 1 is 1.10 bits per heavy atom. The third-order valence-corrected chi connectivity index (χ3v) is 7.43. The summed E-state index contributed by atoms with van der Waals surface area (Å²) in [6.45, 7) is 3.47. The lowest BCUT2D eigenvalue weighted by Crippen LogP contribution is -2.47. The van der Waals surface area contributed by atoms with Crippen molar-refractivity contribution in [1.82, 2.24) is 25.2 Å². The van der Waals surface area contributed by atoms with Crippen LogP contribution in [0.25, 0.3) is 11.0 Å². The van der Waals surface area contributed by atoms with Gasteiger partial charge >= 0.3 is 0 Å². The summed E-state index contributed by atoms with van der Waals surface area (Å²) in [4.78, 5) is 29.6. The molecule has 3 aromatic carbocycles. The number of ether oxygens (including phenoxy) is 2. The van der Waals surface area contributed by atoms with Gasteiger partial charge in [0.2, 0.25) is 11.8 Å². The number of hydrogen-bond acceptors (Lipinski definition) is 6. The summed E-state index contributed by atoms with van der Waals surface area (Å²) in [5.41, 5.74) is 4.44. The number of carbonyl (C=O) groups excluding carboxylic acids is 2. The van der Waals surface area contributed by atoms with Crippen molar-refractivity contribution < 1.29 is 19.1 Å². The number of para-hydroxylation sites is 1. The second-order valence-electron chi connectivity index (χ2n) is 10.1. The van der Waals surface area contributed by atoms with Gasteiger partial charge in [-0.2, -0.15) is 0 Å². The van der Waals surface area contributed by atoms with Crippen LogP contribution in [0.15, 0.2) is 72.8 Å². The fraction of sp³-hybridized carbons (Fsp3) is 0.355. The first-order chi connectivity index (χ1) is 19.5. The molecule has 9 heteroatoms. The van der Waals surface area contributed by atoms with E-state index in [0.717, 1.165) is 29.5 Å². The van der Waals surface area contributed by atoms with Crippen LogP contribution in [-0.2, 0) is 27.3 Å². The van der Waals surface area contributed by atoms with Crippen LogP contribution < -0.4 is 10.1 Å². The summed E-state index contributed by atoms with van der Waals surface area (Å²) >= 11 is 0. The summed E-state index contributed by atoms with van der Waals surface area (Å²) in [6.07, 6.45) is 2.47. The molecule has 1 aliphatic heterocycles. The van der Waals surface area contributed by atoms with Gasteiger partial charge in [0, 0.05) is 19.7 Å². The van der Waals surface area contributed by atoms with Gasteiger partial charge in [-0.15, -0.1) is 5.10 Å². The van der Waals surface area contributed by atoms with Crippen molar-refractivity contribution in [2.75, 3.05) is 26.8 Å². The zero-order chi connectivity index (χ0) is 27.9. The van der Waals surface area contributed by atoms with E-state index < -0.39 is 6.04 Å². The molecule has 0 unspecified atom stereocenters. The molecular weight excluding hydrogens is 506 g/mol. The van der Waals surface area contributed by atoms with Crippen LogP contribution in [-0.4, -0.2) is 64.6 Å². The number of carbonyl (C=O) groups is 2. The van der Waals surface area contributed by atoms with Gasteiger partial charge in [-0.05, 0) is 67.1 Å². The first kappa shape index (κ1) is 27.3. The maximum absolute atomic E-state index is 14.1. The van der Waals surface area contributed by atoms with Crippen LogP contribution in [0.2, 0.25) is 0 Å². The van der Waals surface area contributed by atoms with Crippen molar-refractivity contribution in [2.24, 2.45) is 0 Å². The van der Waals surface area contributed by atoms with E-state index in [2.05, 4.69) is 34.7 Å². The van der Waals surface area contributed by atoms with Gasteiger partial charge in [0.05, 0.1) is 18.7 Å². The molecule has 9 nitrogen and oxygen atoms in total. The molecule has 1 fully saturated rings. The Morgan fingerprint density at radius 3 is 2.62 bits per heavy atom. The highest BCUT2D eigenvalue weighted by atomic mass is 16.5. The third kappa shape index (κ3) is 6.31. The number of benzene rings is 3. The average molecular weight is 542 g/mol. The Hall–Kier alpha value is -4.24. The maximum Gasteiger partial charge on any atom is 0.247 e. The van der Waals surface area contributed by atoms with Gasteiger partial charge in [0.15, 0.2) is 0 Å². The SMILES string of the molecule is COc1ccc([C@@H](C(=O)NC[C@@H]2CCCO2)N(CCc2ccccc2C)C(=O)Cn2nnc3ccccc32)cc1. The van der Waals surface area contributed by atoms with Crippen LogP contribution in [0.1, 0.15) is 35.6 Å². The highest BCUT2D eigenvalue weighted by Crippen LogP contribution is 2.26. The van der Waals surface area contributed by atoms with Gasteiger partial charge in [0.25, 0.3) is 0 Å². The smallest absolute Gasteiger partial charge is 0.247 e. The molecule has 208 valence electrons. The maximum atomic E-state index is 14.1. The topological polar surface area (TPSA) is 98.6 Å². The molecule has 0 radical (unpaired) electrons. The highest BCUT2D eigenvalue weighted by Gasteiger charge is 2.32. The molecule has 1 N–H and O–H groups in total. The predicted molar refractivity (Wildman–Crippen MR) is 152 cm³/mol. The van der Waals surface area contributed by atoms with Crippen LogP contribution in [0.3, 0.4) is 0 Å². The minimum atomic E-state index is -0.849. The number of nitrogens with one attached hydrogen (secondary N) is 1. The Bertz CT molecular complexity index is 1450. The number of methoxy groups -OCH3 is 1. The molecule has 2 atom stereocenters. The van der Waals surface area contributed by atoms with E-state index in [1.807, 2.05) is 60.7 Å². The monoisotopic (exact) mass is 541 g/mol. The van der Waals surface area contributed by atoms with Crippen molar-refractivity contribution in [3.05, 3.63) is 89.5 Å². The molecule has 1 aromatic heterocycles. The molecule has 1 saturated heterocycles. The molecule has 0 saturated carbocycles. The lowest BCUT2D eigenvalue weighted by Gasteiger charge is -2.32. The van der Waals surface area contributed by atoms with E-state index in [1.165, 1.54) is 0 Å². The molecule has 5 rings (SSSR count). The molecular formula is C31H35N5O4. The predicted octanol–water partition coefficient (Wildman–Crippen LogP) is 3.86. The highest BCUT2D eigenvalue weighted by molar-refractivity contribution is 5.89. The van der Waals surface area contributed by atoms with E-state index in [4.69, 9.17) is 9.47 Å². The molecule has 40 heavy (non-hydrogen) atoms. The fourth-order valence-corrected chi connectivity index (χ4v) is 5.16. The molecule has 0 spiro atoms. The molecule has 2 amide bonds. The van der Waals surface area contributed by atoms with Crippen LogP contribution in [0.4, 0.5) is 0 Å². The van der Waals surface area contributed by atoms with Gasteiger partial charge < -0.3 is 19.7 Å². The van der Waals surface area contributed by atoms with E-state index >= 15 is 0 Å². The Balaban J connectivity index is 1.47. The normalized spacial score (nSPS) is 15.6. The number of aromatic nitrogens is 3. The fourth-order valence-electron chi connectivity index (χ4n) is 5.16. The number of nitrogens with zero attached hydrogens (tertiary/aromatic N) is 4. The summed E-state index contributed by atoms with van der Waals surface area (Å²) in [6, 6.07) is 22.1. The van der Waals surface area contributed by atoms with Crippen molar-refractivity contribution in [2.45, 2.75) is 44.9 Å². The van der Waals surface area contributed by atoms with Crippen LogP contribution in [0, 0.1) is 6.92 Å². The zero-order valence-corrected chi connectivity index (χ0v) is 23.0. The van der Waals surface area contributed by atoms with Crippen molar-refractivity contribution in [3.8, 4) is 5.75 Å². The number of hydrogen-bond donors (Lipinski definition) is 1. The molecule has 2 heterocycles. The van der Waals surface area contributed by atoms with Gasteiger partial charge in [-0.1, -0.05) is 53.7 Å². The van der Waals surface area contributed by atoms with Gasteiger partial charge in [-0.3, -0.25) is 9.59 Å². The van der Waals surface area contributed by atoms with Crippen LogP contribution in [0.5, 0.6) is 5.75 Å². The first-order valence-electron chi connectivity index (χ1n) is 13.7. The van der Waals surface area contributed by atoms with E-state index in [1.54, 1.807) is 16.7 Å². The summed E-state index contributed by atoms with van der Waals surface area (Å²) in [7, 11) is 1.60. The Kier molecular flexibility index (Phi) is 8.71. The van der Waals surface area contributed by atoms with E-state index in [9.17, 15) is 9.59 Å². The Labute approximate surface area is 234 Å². The minimum absolute atomic E-state index is 0.0156. The summed E-state index contributed by atoms with van der Waals surface area (Å²) in [5.74, 6) is 0.203. The van der Waals surface area contributed by atoms with Crippen molar-refractivity contribution >= 4 is 22.8 Å². The van der Waals surface area contributed by atoms with E-state index in [-0.39, 0.29) is 24.5 Å². The molecule has 0 bridgehead atoms. The van der Waals surface area contributed by atoms with Crippen LogP contribution >= 0.6 is 0 Å². The third-order valence-electron chi connectivity index (χ3n) is 7.43. The van der Waals surface area contributed by atoms with Gasteiger partial charge in [-0.25, -0.2) is 4.68 Å². The zero-order valence-electron chi connectivity index (χ0n) is 23.0. The molecule has 0 aliphatic carbocycles. The summed E-state index contributed by atoms with van der Waals surface area (Å²) in [5, 5.41) is 11.5. The number of amides is 2. The first-order valence-corrected chi connectivity index (χ1v) is 13.7. The second kappa shape index (κ2) is 12.7. The minimum Gasteiger partial charge on any atom is -0.497 e. The molecule has 1 aliphatic rings. The largest absolute Gasteiger partial charge is 0.497 e. The summed E-state index contributed by atoms with van der Waals surface area (Å²) < 4.78 is 12.7. The van der Waals surface area contributed by atoms with Crippen molar-refractivity contribution in [1.29, 1.82) is 0 Å². The Morgan fingerprint density at radius 2 is 1.88 bits per heavy atom.